The minimum absolute atomic E-state index is 0.167. The number of hydrogen-bond acceptors (Lipinski definition) is 10. The van der Waals surface area contributed by atoms with E-state index in [1.165, 1.54) is 7.11 Å². The standard InChI is InChI=1S/C44H53ClN2O9/c1-52-39-21-29(20-32(26-48)36(39)28-50)12-13-30-22-40(53-2)42(41(23-30)54-3)56-19-11-9-7-5-4-6-8-10-18-55-38-17-14-31(24-33(38)27-49)43-46-37-16-15-34(45)25-35(37)44(51)47-43/h12-17,20-25,43,46,48-50H,4-11,18-19,26-28H2,1-3H3,(H,47,51)/b13-12-. The summed E-state index contributed by atoms with van der Waals surface area (Å²) in [6.45, 7) is 0.524. The molecular formula is C44H53ClN2O9. The molecule has 0 fully saturated rings. The van der Waals surface area contributed by atoms with Crippen LogP contribution in [0.3, 0.4) is 0 Å². The molecule has 0 saturated carbocycles. The third-order valence-corrected chi connectivity index (χ3v) is 9.99. The van der Waals surface area contributed by atoms with Crippen LogP contribution < -0.4 is 34.3 Å². The van der Waals surface area contributed by atoms with Crippen LogP contribution in [0, 0.1) is 0 Å². The largest absolute Gasteiger partial charge is 0.496 e. The molecule has 0 spiro atoms. The number of rotatable bonds is 22. The van der Waals surface area contributed by atoms with Gasteiger partial charge in [-0.15, -0.1) is 0 Å². The Labute approximate surface area is 334 Å². The van der Waals surface area contributed by atoms with Crippen LogP contribution in [-0.2, 0) is 19.8 Å². The molecule has 0 aromatic heterocycles. The van der Waals surface area contributed by atoms with Gasteiger partial charge in [0, 0.05) is 21.8 Å². The van der Waals surface area contributed by atoms with Crippen molar-refractivity contribution in [2.75, 3.05) is 39.9 Å². The normalized spacial score (nSPS) is 13.6. The molecule has 0 radical (unpaired) electrons. The molecule has 1 unspecified atom stereocenters. The number of benzene rings is 4. The first-order valence-electron chi connectivity index (χ1n) is 19.0. The number of anilines is 1. The van der Waals surface area contributed by atoms with Gasteiger partial charge in [0.15, 0.2) is 11.5 Å². The van der Waals surface area contributed by atoms with Gasteiger partial charge >= 0.3 is 0 Å². The third-order valence-electron chi connectivity index (χ3n) is 9.76. The SMILES string of the molecule is COc1cc(/C=C\c2cc(OC)c(OCCCCCCCCCCOc3ccc(C4NC(=O)c5cc(Cl)ccc5N4)cc3CO)c(OC)c2)cc(CO)c1CO. The predicted molar refractivity (Wildman–Crippen MR) is 219 cm³/mol. The quantitative estimate of drug-likeness (QED) is 0.0388. The van der Waals surface area contributed by atoms with E-state index in [-0.39, 0.29) is 25.7 Å². The lowest BCUT2D eigenvalue weighted by atomic mass is 10.0. The lowest BCUT2D eigenvalue weighted by molar-refractivity contribution is 0.0935. The van der Waals surface area contributed by atoms with Gasteiger partial charge in [-0.05, 0) is 89.7 Å². The molecule has 0 aliphatic carbocycles. The Morgan fingerprint density at radius 1 is 0.625 bits per heavy atom. The molecule has 0 saturated heterocycles. The fourth-order valence-corrected chi connectivity index (χ4v) is 6.89. The van der Waals surface area contributed by atoms with Crippen LogP contribution in [0.5, 0.6) is 28.7 Å². The molecule has 1 aliphatic rings. The zero-order valence-electron chi connectivity index (χ0n) is 32.4. The van der Waals surface area contributed by atoms with E-state index in [4.69, 9.17) is 35.3 Å². The van der Waals surface area contributed by atoms with Crippen molar-refractivity contribution < 1.29 is 43.8 Å². The molecule has 5 rings (SSSR count). The number of amides is 1. The Hall–Kier alpha value is -4.94. The van der Waals surface area contributed by atoms with Gasteiger partial charge < -0.3 is 49.6 Å². The van der Waals surface area contributed by atoms with Crippen LogP contribution >= 0.6 is 11.6 Å². The van der Waals surface area contributed by atoms with Crippen molar-refractivity contribution in [3.8, 4) is 28.7 Å². The van der Waals surface area contributed by atoms with Crippen LogP contribution in [0.2, 0.25) is 5.02 Å². The summed E-state index contributed by atoms with van der Waals surface area (Å²) in [4.78, 5) is 12.6. The van der Waals surface area contributed by atoms with E-state index in [1.54, 1.807) is 32.4 Å². The molecule has 1 amide bonds. The van der Waals surface area contributed by atoms with Crippen molar-refractivity contribution >= 4 is 35.3 Å². The molecule has 4 aromatic carbocycles. The summed E-state index contributed by atoms with van der Waals surface area (Å²) in [7, 11) is 4.74. The van der Waals surface area contributed by atoms with Gasteiger partial charge in [0.1, 0.15) is 17.7 Å². The number of hydrogen-bond donors (Lipinski definition) is 5. The van der Waals surface area contributed by atoms with E-state index in [1.807, 2.05) is 54.6 Å². The van der Waals surface area contributed by atoms with Gasteiger partial charge in [-0.3, -0.25) is 4.79 Å². The second-order valence-corrected chi connectivity index (χ2v) is 14.0. The summed E-state index contributed by atoms with van der Waals surface area (Å²) in [5, 5.41) is 36.2. The van der Waals surface area contributed by atoms with Gasteiger partial charge in [0.2, 0.25) is 5.75 Å². The Morgan fingerprint density at radius 2 is 1.21 bits per heavy atom. The van der Waals surface area contributed by atoms with E-state index in [0.717, 1.165) is 68.1 Å². The molecule has 1 heterocycles. The zero-order valence-corrected chi connectivity index (χ0v) is 33.1. The average Bonchev–Trinajstić information content (AvgIpc) is 3.22. The highest BCUT2D eigenvalue weighted by molar-refractivity contribution is 6.31. The Morgan fingerprint density at radius 3 is 1.82 bits per heavy atom. The van der Waals surface area contributed by atoms with E-state index in [0.29, 0.717) is 74.9 Å². The minimum atomic E-state index is -0.430. The van der Waals surface area contributed by atoms with Crippen molar-refractivity contribution in [1.82, 2.24) is 5.32 Å². The molecule has 56 heavy (non-hydrogen) atoms. The number of aliphatic hydroxyl groups is 3. The second-order valence-electron chi connectivity index (χ2n) is 13.6. The molecule has 300 valence electrons. The molecular weight excluding hydrogens is 736 g/mol. The summed E-state index contributed by atoms with van der Waals surface area (Å²) in [5.41, 5.74) is 5.55. The molecule has 1 atom stereocenters. The Bertz CT molecular complexity index is 1900. The maximum Gasteiger partial charge on any atom is 0.255 e. The lowest BCUT2D eigenvalue weighted by Crippen LogP contribution is -2.38. The van der Waals surface area contributed by atoms with Gasteiger partial charge in [-0.25, -0.2) is 0 Å². The smallest absolute Gasteiger partial charge is 0.255 e. The lowest BCUT2D eigenvalue weighted by Gasteiger charge is -2.28. The summed E-state index contributed by atoms with van der Waals surface area (Å²) in [5.74, 6) is 2.68. The van der Waals surface area contributed by atoms with Crippen LogP contribution in [0.25, 0.3) is 12.2 Å². The van der Waals surface area contributed by atoms with Crippen molar-refractivity contribution in [3.05, 3.63) is 105 Å². The predicted octanol–water partition coefficient (Wildman–Crippen LogP) is 8.45. The van der Waals surface area contributed by atoms with Crippen LogP contribution in [0.4, 0.5) is 5.69 Å². The van der Waals surface area contributed by atoms with Gasteiger partial charge in [0.05, 0.1) is 59.9 Å². The zero-order chi connectivity index (χ0) is 39.9. The number of fused-ring (bicyclic) bond motifs is 1. The first-order chi connectivity index (χ1) is 27.3. The highest BCUT2D eigenvalue weighted by atomic mass is 35.5. The number of carbonyl (C=O) groups excluding carboxylic acids is 1. The third kappa shape index (κ3) is 11.1. The van der Waals surface area contributed by atoms with Crippen molar-refractivity contribution in [1.29, 1.82) is 0 Å². The topological polar surface area (TPSA) is 148 Å². The highest BCUT2D eigenvalue weighted by Gasteiger charge is 2.25. The number of nitrogens with one attached hydrogen (secondary N) is 2. The van der Waals surface area contributed by atoms with Gasteiger partial charge in [0.25, 0.3) is 5.91 Å². The number of carbonyl (C=O) groups is 1. The second kappa shape index (κ2) is 21.4. The van der Waals surface area contributed by atoms with E-state index in [9.17, 15) is 20.1 Å². The van der Waals surface area contributed by atoms with Crippen molar-refractivity contribution in [2.24, 2.45) is 0 Å². The number of ether oxygens (including phenoxy) is 5. The fourth-order valence-electron chi connectivity index (χ4n) is 6.72. The van der Waals surface area contributed by atoms with E-state index < -0.39 is 6.17 Å². The van der Waals surface area contributed by atoms with Gasteiger partial charge in [-0.2, -0.15) is 0 Å². The molecule has 0 bridgehead atoms. The molecule has 5 N–H and O–H groups in total. The van der Waals surface area contributed by atoms with Crippen LogP contribution in [0.1, 0.15) is 101 Å². The summed E-state index contributed by atoms with van der Waals surface area (Å²) < 4.78 is 28.9. The fraction of sp³-hybridized carbons (Fsp3) is 0.386. The Balaban J connectivity index is 0.983. The maximum atomic E-state index is 12.6. The number of halogens is 1. The summed E-state index contributed by atoms with van der Waals surface area (Å²) in [6, 6.07) is 18.2. The monoisotopic (exact) mass is 788 g/mol. The first-order valence-corrected chi connectivity index (χ1v) is 19.4. The van der Waals surface area contributed by atoms with Crippen LogP contribution in [0.15, 0.2) is 60.7 Å². The molecule has 1 aliphatic heterocycles. The number of methoxy groups -OCH3 is 3. The molecule has 4 aromatic rings. The number of unbranched alkanes of at least 4 members (excludes halogenated alkanes) is 7. The average molecular weight is 789 g/mol. The number of aliphatic hydroxyl groups excluding tert-OH is 3. The van der Waals surface area contributed by atoms with E-state index >= 15 is 0 Å². The molecule has 12 heteroatoms. The van der Waals surface area contributed by atoms with Crippen LogP contribution in [-0.4, -0.2) is 55.8 Å². The maximum absolute atomic E-state index is 12.6. The molecule has 11 nitrogen and oxygen atoms in total. The summed E-state index contributed by atoms with van der Waals surface area (Å²) >= 11 is 6.05. The first kappa shape index (κ1) is 42.2. The Kier molecular flexibility index (Phi) is 16.1. The van der Waals surface area contributed by atoms with E-state index in [2.05, 4.69) is 10.6 Å². The summed E-state index contributed by atoms with van der Waals surface area (Å²) in [6.07, 6.45) is 11.9. The highest BCUT2D eigenvalue weighted by Crippen LogP contribution is 2.39. The van der Waals surface area contributed by atoms with Gasteiger partial charge in [-0.1, -0.05) is 68.3 Å². The minimum Gasteiger partial charge on any atom is -0.496 e. The van der Waals surface area contributed by atoms with Crippen molar-refractivity contribution in [2.45, 2.75) is 77.4 Å². The van der Waals surface area contributed by atoms with Crippen molar-refractivity contribution in [3.63, 3.8) is 0 Å².